The summed E-state index contributed by atoms with van der Waals surface area (Å²) >= 11 is 7.47. The Labute approximate surface area is 212 Å². The molecular formula is C26H25ClO7S. The molecule has 9 heteroatoms. The van der Waals surface area contributed by atoms with E-state index in [1.165, 1.54) is 17.8 Å². The van der Waals surface area contributed by atoms with Gasteiger partial charge in [0.05, 0.1) is 6.61 Å². The van der Waals surface area contributed by atoms with E-state index in [1.54, 1.807) is 44.2 Å². The molecule has 0 amide bonds. The summed E-state index contributed by atoms with van der Waals surface area (Å²) in [6, 6.07) is 9.73. The Morgan fingerprint density at radius 3 is 2.46 bits per heavy atom. The van der Waals surface area contributed by atoms with E-state index in [2.05, 4.69) is 0 Å². The van der Waals surface area contributed by atoms with Gasteiger partial charge in [-0.2, -0.15) is 0 Å². The number of hydrogen-bond acceptors (Lipinski definition) is 8. The zero-order valence-electron chi connectivity index (χ0n) is 19.4. The minimum atomic E-state index is -1.56. The molecule has 0 radical (unpaired) electrons. The summed E-state index contributed by atoms with van der Waals surface area (Å²) in [5, 5.41) is 0.532. The van der Waals surface area contributed by atoms with Crippen LogP contribution in [0, 0.1) is 5.92 Å². The van der Waals surface area contributed by atoms with Crippen LogP contribution < -0.4 is 0 Å². The third-order valence-electron chi connectivity index (χ3n) is 5.32. The Balaban J connectivity index is 1.82. The van der Waals surface area contributed by atoms with Crippen molar-refractivity contribution in [2.24, 2.45) is 5.92 Å². The van der Waals surface area contributed by atoms with E-state index in [-0.39, 0.29) is 24.4 Å². The summed E-state index contributed by atoms with van der Waals surface area (Å²) in [7, 11) is 0. The average Bonchev–Trinajstić information content (AvgIpc) is 2.96. The number of esters is 3. The van der Waals surface area contributed by atoms with Crippen LogP contribution in [0.3, 0.4) is 0 Å². The van der Waals surface area contributed by atoms with E-state index in [0.29, 0.717) is 39.6 Å². The molecule has 0 aliphatic carbocycles. The van der Waals surface area contributed by atoms with Gasteiger partial charge in [-0.1, -0.05) is 31.5 Å². The van der Waals surface area contributed by atoms with Crippen LogP contribution in [-0.2, 0) is 29.6 Å². The second-order valence-corrected chi connectivity index (χ2v) is 9.47. The Hall–Kier alpha value is -2.97. The van der Waals surface area contributed by atoms with Crippen molar-refractivity contribution in [3.8, 4) is 0 Å². The molecule has 2 aromatic rings. The van der Waals surface area contributed by atoms with Crippen molar-refractivity contribution in [2.75, 3.05) is 6.61 Å². The number of ether oxygens (including phenoxy) is 2. The lowest BCUT2D eigenvalue weighted by molar-refractivity contribution is -0.168. The summed E-state index contributed by atoms with van der Waals surface area (Å²) in [6.07, 6.45) is 0.492. The van der Waals surface area contributed by atoms with Gasteiger partial charge in [0, 0.05) is 45.2 Å². The first kappa shape index (κ1) is 26.6. The first-order valence-electron chi connectivity index (χ1n) is 11.3. The molecule has 2 aromatic carbocycles. The molecule has 1 aliphatic rings. The zero-order valence-corrected chi connectivity index (χ0v) is 21.0. The minimum Gasteiger partial charge on any atom is -0.465 e. The molecule has 0 spiro atoms. The topological polar surface area (TPSA) is 104 Å². The van der Waals surface area contributed by atoms with Gasteiger partial charge in [-0.05, 0) is 48.7 Å². The van der Waals surface area contributed by atoms with Gasteiger partial charge >= 0.3 is 17.9 Å². The standard InChI is InChI=1S/C26H25ClO7S/c1-3-5-23(29)34-26(32)20(25(31)33-10-4-2)13-21(28)15-6-8-19-22(12-15)35-14-16-11-17(27)7-9-18(16)24(19)30/h6-9,11-12,20H,3-5,10,13-14H2,1-2H3. The van der Waals surface area contributed by atoms with Crippen molar-refractivity contribution in [3.05, 3.63) is 63.7 Å². The third kappa shape index (κ3) is 6.58. The molecule has 0 saturated carbocycles. The molecule has 0 saturated heterocycles. The SMILES string of the molecule is CCCOC(=O)C(CC(=O)c1ccc2c(c1)SCc1cc(Cl)ccc1C2=O)C(=O)OC(=O)CCC. The van der Waals surface area contributed by atoms with E-state index in [1.807, 2.05) is 0 Å². The molecule has 0 bridgehead atoms. The number of carbonyl (C=O) groups excluding carboxylic acids is 5. The summed E-state index contributed by atoms with van der Waals surface area (Å²) in [4.78, 5) is 63.5. The van der Waals surface area contributed by atoms with Gasteiger partial charge in [0.15, 0.2) is 17.5 Å². The molecule has 184 valence electrons. The number of halogens is 1. The monoisotopic (exact) mass is 516 g/mol. The lowest BCUT2D eigenvalue weighted by Gasteiger charge is -2.14. The van der Waals surface area contributed by atoms with E-state index in [4.69, 9.17) is 21.1 Å². The maximum Gasteiger partial charge on any atom is 0.328 e. The van der Waals surface area contributed by atoms with E-state index in [9.17, 15) is 24.0 Å². The predicted octanol–water partition coefficient (Wildman–Crippen LogP) is 5.19. The predicted molar refractivity (Wildman–Crippen MR) is 131 cm³/mol. The molecule has 1 heterocycles. The van der Waals surface area contributed by atoms with Crippen molar-refractivity contribution < 1.29 is 33.4 Å². The third-order valence-corrected chi connectivity index (χ3v) is 6.66. The van der Waals surface area contributed by atoms with Crippen LogP contribution in [0.2, 0.25) is 5.02 Å². The molecule has 1 atom stereocenters. The number of hydrogen-bond donors (Lipinski definition) is 0. The number of thioether (sulfide) groups is 1. The van der Waals surface area contributed by atoms with Crippen molar-refractivity contribution in [2.45, 2.75) is 50.2 Å². The number of rotatable bonds is 9. The fraction of sp³-hybridized carbons (Fsp3) is 0.346. The molecule has 0 aromatic heterocycles. The zero-order chi connectivity index (χ0) is 25.5. The molecule has 0 N–H and O–H groups in total. The fourth-order valence-electron chi connectivity index (χ4n) is 3.51. The van der Waals surface area contributed by atoms with Crippen molar-refractivity contribution in [1.29, 1.82) is 0 Å². The quantitative estimate of drug-likeness (QED) is 0.255. The van der Waals surface area contributed by atoms with Crippen LogP contribution in [0.5, 0.6) is 0 Å². The normalized spacial score (nSPS) is 13.2. The van der Waals surface area contributed by atoms with Crippen LogP contribution in [0.1, 0.15) is 71.4 Å². The number of carbonyl (C=O) groups is 5. The van der Waals surface area contributed by atoms with Gasteiger partial charge < -0.3 is 9.47 Å². The van der Waals surface area contributed by atoms with Crippen molar-refractivity contribution >= 4 is 52.8 Å². The summed E-state index contributed by atoms with van der Waals surface area (Å²) in [6.45, 7) is 3.61. The van der Waals surface area contributed by atoms with Crippen molar-refractivity contribution in [1.82, 2.24) is 0 Å². The van der Waals surface area contributed by atoms with Gasteiger partial charge in [0.25, 0.3) is 0 Å². The van der Waals surface area contributed by atoms with E-state index >= 15 is 0 Å². The maximum absolute atomic E-state index is 13.1. The summed E-state index contributed by atoms with van der Waals surface area (Å²) in [5.41, 5.74) is 2.04. The van der Waals surface area contributed by atoms with E-state index in [0.717, 1.165) is 5.56 Å². The van der Waals surface area contributed by atoms with Gasteiger partial charge in [-0.25, -0.2) is 0 Å². The first-order chi connectivity index (χ1) is 16.7. The number of ketones is 2. The Bertz CT molecular complexity index is 1170. The lowest BCUT2D eigenvalue weighted by atomic mass is 9.95. The minimum absolute atomic E-state index is 0.0140. The average molecular weight is 517 g/mol. The van der Waals surface area contributed by atoms with Gasteiger partial charge in [0.1, 0.15) is 0 Å². The molecule has 7 nitrogen and oxygen atoms in total. The highest BCUT2D eigenvalue weighted by atomic mass is 35.5. The number of Topliss-reactive ketones (excluding diaryl/α,β-unsaturated/α-hetero) is 1. The van der Waals surface area contributed by atoms with Gasteiger partial charge in [0.2, 0.25) is 0 Å². The van der Waals surface area contributed by atoms with Crippen LogP contribution >= 0.6 is 23.4 Å². The van der Waals surface area contributed by atoms with Gasteiger partial charge in [-0.3, -0.25) is 24.0 Å². The smallest absolute Gasteiger partial charge is 0.328 e. The lowest BCUT2D eigenvalue weighted by Crippen LogP contribution is -2.32. The second kappa shape index (κ2) is 12.1. The molecular weight excluding hydrogens is 492 g/mol. The molecule has 0 fully saturated rings. The Kier molecular flexibility index (Phi) is 9.23. The Morgan fingerprint density at radius 1 is 1.00 bits per heavy atom. The van der Waals surface area contributed by atoms with Crippen molar-refractivity contribution in [3.63, 3.8) is 0 Å². The summed E-state index contributed by atoms with van der Waals surface area (Å²) in [5.74, 6) is -4.54. The van der Waals surface area contributed by atoms with Crippen LogP contribution in [0.4, 0.5) is 0 Å². The largest absolute Gasteiger partial charge is 0.465 e. The van der Waals surface area contributed by atoms with Crippen LogP contribution in [0.25, 0.3) is 0 Å². The van der Waals surface area contributed by atoms with Crippen LogP contribution in [-0.4, -0.2) is 36.1 Å². The number of fused-ring (bicyclic) bond motifs is 2. The highest BCUT2D eigenvalue weighted by molar-refractivity contribution is 7.98. The molecule has 3 rings (SSSR count). The Morgan fingerprint density at radius 2 is 1.74 bits per heavy atom. The first-order valence-corrected chi connectivity index (χ1v) is 12.7. The molecule has 1 aliphatic heterocycles. The van der Waals surface area contributed by atoms with E-state index < -0.39 is 36.0 Å². The fourth-order valence-corrected chi connectivity index (χ4v) is 4.79. The van der Waals surface area contributed by atoms with Crippen LogP contribution in [0.15, 0.2) is 41.3 Å². The number of benzene rings is 2. The molecule has 1 unspecified atom stereocenters. The van der Waals surface area contributed by atoms with Gasteiger partial charge in [-0.15, -0.1) is 11.8 Å². The highest BCUT2D eigenvalue weighted by Gasteiger charge is 2.34. The summed E-state index contributed by atoms with van der Waals surface area (Å²) < 4.78 is 9.82. The second-order valence-electron chi connectivity index (χ2n) is 8.02. The maximum atomic E-state index is 13.1. The highest BCUT2D eigenvalue weighted by Crippen LogP contribution is 2.35. The molecule has 35 heavy (non-hydrogen) atoms.